The van der Waals surface area contributed by atoms with E-state index in [4.69, 9.17) is 0 Å². The molecule has 3 heterocycles. The monoisotopic (exact) mass is 308 g/mol. The van der Waals surface area contributed by atoms with Crippen molar-refractivity contribution in [3.8, 4) is 5.88 Å². The standard InChI is InChI=1S/C12H9BrN2OS/c13-12-9-4-1-5-11(16)15(9)10(14-12)7-8-3-2-6-17-8/h1-6,16H,7H2. The first-order chi connectivity index (χ1) is 8.25. The molecule has 0 aromatic carbocycles. The van der Waals surface area contributed by atoms with Crippen LogP contribution in [0, 0.1) is 0 Å². The van der Waals surface area contributed by atoms with Crippen molar-refractivity contribution in [2.24, 2.45) is 0 Å². The molecule has 0 saturated heterocycles. The van der Waals surface area contributed by atoms with E-state index in [1.807, 2.05) is 23.6 Å². The van der Waals surface area contributed by atoms with Crippen molar-refractivity contribution < 1.29 is 5.11 Å². The van der Waals surface area contributed by atoms with E-state index in [9.17, 15) is 5.11 Å². The predicted octanol–water partition coefficient (Wildman–Crippen LogP) is 3.45. The summed E-state index contributed by atoms with van der Waals surface area (Å²) in [6, 6.07) is 9.49. The molecule has 0 aliphatic heterocycles. The highest BCUT2D eigenvalue weighted by molar-refractivity contribution is 9.10. The number of hydrogen-bond donors (Lipinski definition) is 1. The average molecular weight is 309 g/mol. The molecule has 3 aromatic rings. The summed E-state index contributed by atoms with van der Waals surface area (Å²) in [6.45, 7) is 0. The zero-order valence-electron chi connectivity index (χ0n) is 8.80. The van der Waals surface area contributed by atoms with Crippen LogP contribution in [-0.2, 0) is 6.42 Å². The maximum Gasteiger partial charge on any atom is 0.197 e. The molecule has 0 saturated carbocycles. The minimum atomic E-state index is 0.215. The van der Waals surface area contributed by atoms with E-state index in [0.717, 1.165) is 22.4 Å². The Kier molecular flexibility index (Phi) is 2.64. The molecule has 0 unspecified atom stereocenters. The SMILES string of the molecule is Oc1cccc2c(Br)nc(Cc3cccs3)n12. The fourth-order valence-electron chi connectivity index (χ4n) is 1.84. The number of nitrogens with zero attached hydrogens (tertiary/aromatic N) is 2. The number of hydrogen-bond acceptors (Lipinski definition) is 3. The first-order valence-electron chi connectivity index (χ1n) is 5.13. The molecule has 3 rings (SSSR count). The van der Waals surface area contributed by atoms with Gasteiger partial charge >= 0.3 is 0 Å². The highest BCUT2D eigenvalue weighted by Gasteiger charge is 2.12. The molecule has 0 fully saturated rings. The van der Waals surface area contributed by atoms with Crippen molar-refractivity contribution in [3.05, 3.63) is 51.0 Å². The summed E-state index contributed by atoms with van der Waals surface area (Å²) in [7, 11) is 0. The lowest BCUT2D eigenvalue weighted by molar-refractivity contribution is 0.443. The summed E-state index contributed by atoms with van der Waals surface area (Å²) in [4.78, 5) is 5.68. The second-order valence-corrected chi connectivity index (χ2v) is 5.46. The van der Waals surface area contributed by atoms with Gasteiger partial charge in [0.05, 0.1) is 5.52 Å². The summed E-state index contributed by atoms with van der Waals surface area (Å²) < 4.78 is 2.53. The van der Waals surface area contributed by atoms with Gasteiger partial charge in [-0.15, -0.1) is 11.3 Å². The molecule has 0 amide bonds. The summed E-state index contributed by atoms with van der Waals surface area (Å²) in [5.41, 5.74) is 0.886. The smallest absolute Gasteiger partial charge is 0.197 e. The highest BCUT2D eigenvalue weighted by atomic mass is 79.9. The topological polar surface area (TPSA) is 37.5 Å². The third-order valence-corrected chi connectivity index (χ3v) is 4.04. The second-order valence-electron chi connectivity index (χ2n) is 3.68. The minimum absolute atomic E-state index is 0.215. The summed E-state index contributed by atoms with van der Waals surface area (Å²) in [6.07, 6.45) is 0.724. The van der Waals surface area contributed by atoms with Crippen molar-refractivity contribution in [1.82, 2.24) is 9.38 Å². The number of imidazole rings is 1. The zero-order valence-corrected chi connectivity index (χ0v) is 11.2. The van der Waals surface area contributed by atoms with Crippen LogP contribution in [0.15, 0.2) is 40.3 Å². The van der Waals surface area contributed by atoms with Crippen LogP contribution in [0.5, 0.6) is 5.88 Å². The molecule has 0 radical (unpaired) electrons. The molecular weight excluding hydrogens is 300 g/mol. The Hall–Kier alpha value is -1.33. The molecule has 3 nitrogen and oxygen atoms in total. The van der Waals surface area contributed by atoms with Crippen LogP contribution in [-0.4, -0.2) is 14.5 Å². The summed E-state index contributed by atoms with van der Waals surface area (Å²) >= 11 is 5.11. The van der Waals surface area contributed by atoms with Crippen LogP contribution in [0.4, 0.5) is 0 Å². The third kappa shape index (κ3) is 1.85. The van der Waals surface area contributed by atoms with Crippen molar-refractivity contribution >= 4 is 32.8 Å². The largest absolute Gasteiger partial charge is 0.494 e. The molecule has 3 aromatic heterocycles. The molecule has 86 valence electrons. The fraction of sp³-hybridized carbons (Fsp3) is 0.0833. The Morgan fingerprint density at radius 3 is 2.94 bits per heavy atom. The van der Waals surface area contributed by atoms with Gasteiger partial charge in [0.25, 0.3) is 0 Å². The van der Waals surface area contributed by atoms with E-state index in [2.05, 4.69) is 27.0 Å². The lowest BCUT2D eigenvalue weighted by Gasteiger charge is -2.02. The van der Waals surface area contributed by atoms with Crippen molar-refractivity contribution in [2.75, 3.05) is 0 Å². The Labute approximate surface area is 110 Å². The number of thiophene rings is 1. The van der Waals surface area contributed by atoms with Gasteiger partial charge in [-0.05, 0) is 39.5 Å². The normalized spacial score (nSPS) is 11.1. The van der Waals surface area contributed by atoms with Crippen LogP contribution in [0.2, 0.25) is 0 Å². The quantitative estimate of drug-likeness (QED) is 0.787. The zero-order chi connectivity index (χ0) is 11.8. The Morgan fingerprint density at radius 1 is 1.29 bits per heavy atom. The maximum atomic E-state index is 9.90. The first kappa shape index (κ1) is 10.8. The number of aromatic hydroxyl groups is 1. The molecule has 0 aliphatic rings. The Bertz CT molecular complexity index is 661. The first-order valence-corrected chi connectivity index (χ1v) is 6.80. The van der Waals surface area contributed by atoms with Crippen LogP contribution >= 0.6 is 27.3 Å². The van der Waals surface area contributed by atoms with Crippen molar-refractivity contribution in [3.63, 3.8) is 0 Å². The van der Waals surface area contributed by atoms with Gasteiger partial charge < -0.3 is 5.11 Å². The average Bonchev–Trinajstić information content (AvgIpc) is 2.90. The van der Waals surface area contributed by atoms with Gasteiger partial charge in [-0.2, -0.15) is 0 Å². The van der Waals surface area contributed by atoms with Crippen LogP contribution in [0.3, 0.4) is 0 Å². The Balaban J connectivity index is 2.16. The third-order valence-electron chi connectivity index (χ3n) is 2.58. The Morgan fingerprint density at radius 2 is 2.18 bits per heavy atom. The van der Waals surface area contributed by atoms with Gasteiger partial charge in [-0.25, -0.2) is 4.98 Å². The van der Waals surface area contributed by atoms with Gasteiger partial charge in [-0.3, -0.25) is 4.40 Å². The summed E-state index contributed by atoms with van der Waals surface area (Å²) in [5, 5.41) is 11.9. The van der Waals surface area contributed by atoms with Gasteiger partial charge in [0, 0.05) is 11.3 Å². The van der Waals surface area contributed by atoms with E-state index in [1.165, 1.54) is 4.88 Å². The molecule has 0 aliphatic carbocycles. The molecule has 17 heavy (non-hydrogen) atoms. The van der Waals surface area contributed by atoms with E-state index in [0.29, 0.717) is 0 Å². The molecule has 0 bridgehead atoms. The molecule has 5 heteroatoms. The van der Waals surface area contributed by atoms with Crippen molar-refractivity contribution in [1.29, 1.82) is 0 Å². The lowest BCUT2D eigenvalue weighted by atomic mass is 10.3. The van der Waals surface area contributed by atoms with Crippen LogP contribution < -0.4 is 0 Å². The maximum absolute atomic E-state index is 9.90. The molecule has 0 atom stereocenters. The van der Waals surface area contributed by atoms with Crippen molar-refractivity contribution in [2.45, 2.75) is 6.42 Å². The molecule has 0 spiro atoms. The highest BCUT2D eigenvalue weighted by Crippen LogP contribution is 2.25. The van der Waals surface area contributed by atoms with E-state index in [-0.39, 0.29) is 5.88 Å². The fourth-order valence-corrected chi connectivity index (χ4v) is 3.05. The number of aromatic nitrogens is 2. The minimum Gasteiger partial charge on any atom is -0.494 e. The van der Waals surface area contributed by atoms with E-state index < -0.39 is 0 Å². The van der Waals surface area contributed by atoms with Crippen LogP contribution in [0.25, 0.3) is 5.52 Å². The number of pyridine rings is 1. The summed E-state index contributed by atoms with van der Waals surface area (Å²) in [5.74, 6) is 1.06. The predicted molar refractivity (Wildman–Crippen MR) is 71.7 cm³/mol. The number of fused-ring (bicyclic) bond motifs is 1. The number of halogens is 1. The lowest BCUT2D eigenvalue weighted by Crippen LogP contribution is -1.95. The second kappa shape index (κ2) is 4.16. The molecule has 1 N–H and O–H groups in total. The molecular formula is C12H9BrN2OS. The van der Waals surface area contributed by atoms with Gasteiger partial charge in [0.1, 0.15) is 10.4 Å². The van der Waals surface area contributed by atoms with Gasteiger partial charge in [0.15, 0.2) is 5.88 Å². The van der Waals surface area contributed by atoms with E-state index in [1.54, 1.807) is 21.8 Å². The van der Waals surface area contributed by atoms with Crippen LogP contribution in [0.1, 0.15) is 10.7 Å². The van der Waals surface area contributed by atoms with Gasteiger partial charge in [-0.1, -0.05) is 12.1 Å². The van der Waals surface area contributed by atoms with Gasteiger partial charge in [0.2, 0.25) is 0 Å². The van der Waals surface area contributed by atoms with E-state index >= 15 is 0 Å². The number of rotatable bonds is 2.